The van der Waals surface area contributed by atoms with Gasteiger partial charge in [0.05, 0.1) is 17.7 Å². The van der Waals surface area contributed by atoms with Crippen molar-refractivity contribution in [2.45, 2.75) is 43.7 Å². The number of sulfonamides is 1. The number of amides is 2. The maximum atomic E-state index is 14.5. The number of carbonyl (C=O) groups is 2. The molecule has 0 aromatic heterocycles. The van der Waals surface area contributed by atoms with Gasteiger partial charge in [-0.05, 0) is 78.2 Å². The molecule has 0 spiro atoms. The smallest absolute Gasteiger partial charge is 0.264 e. The van der Waals surface area contributed by atoms with Crippen molar-refractivity contribution in [3.8, 4) is 5.75 Å². The van der Waals surface area contributed by atoms with E-state index in [0.717, 1.165) is 22.7 Å². The van der Waals surface area contributed by atoms with Crippen molar-refractivity contribution in [2.75, 3.05) is 24.5 Å². The standard InChI is InChI=1S/C35H37Cl2N3O5S/c1-3-4-21-38-35(42)33(23-26-9-6-5-7-10-26)39(24-27-11-8-12-29(37)22-27)34(41)25-40(30-15-13-28(36)14-16-30)46(43,44)32-19-17-31(45-2)18-20-32/h5-20,22,33H,3-4,21,23-25H2,1-2H3,(H,38,42)/t33-/m0/s1. The third kappa shape index (κ3) is 9.25. The highest BCUT2D eigenvalue weighted by Gasteiger charge is 2.34. The van der Waals surface area contributed by atoms with Crippen molar-refractivity contribution < 1.29 is 22.7 Å². The first-order valence-electron chi connectivity index (χ1n) is 14.9. The highest BCUT2D eigenvalue weighted by molar-refractivity contribution is 7.92. The molecule has 0 heterocycles. The highest BCUT2D eigenvalue weighted by Crippen LogP contribution is 2.27. The van der Waals surface area contributed by atoms with Crippen LogP contribution in [0.5, 0.6) is 5.75 Å². The van der Waals surface area contributed by atoms with E-state index in [0.29, 0.717) is 27.9 Å². The van der Waals surface area contributed by atoms with E-state index in [9.17, 15) is 18.0 Å². The molecule has 0 aliphatic rings. The van der Waals surface area contributed by atoms with Crippen LogP contribution in [0.25, 0.3) is 0 Å². The predicted octanol–water partition coefficient (Wildman–Crippen LogP) is 6.75. The van der Waals surface area contributed by atoms with E-state index in [4.69, 9.17) is 27.9 Å². The molecule has 0 bridgehead atoms. The second-order valence-electron chi connectivity index (χ2n) is 10.7. The molecule has 0 aliphatic heterocycles. The summed E-state index contributed by atoms with van der Waals surface area (Å²) >= 11 is 12.4. The number of carbonyl (C=O) groups excluding carboxylic acids is 2. The number of nitrogens with one attached hydrogen (secondary N) is 1. The fourth-order valence-corrected chi connectivity index (χ4v) is 6.66. The van der Waals surface area contributed by atoms with E-state index >= 15 is 0 Å². The summed E-state index contributed by atoms with van der Waals surface area (Å²) in [6, 6.07) is 27.6. The monoisotopic (exact) mass is 681 g/mol. The number of hydrogen-bond donors (Lipinski definition) is 1. The largest absolute Gasteiger partial charge is 0.497 e. The molecule has 0 saturated heterocycles. The van der Waals surface area contributed by atoms with E-state index in [1.54, 1.807) is 30.3 Å². The van der Waals surface area contributed by atoms with E-state index in [-0.39, 0.29) is 29.5 Å². The predicted molar refractivity (Wildman–Crippen MR) is 183 cm³/mol. The summed E-state index contributed by atoms with van der Waals surface area (Å²) in [6.45, 7) is 1.92. The second kappa shape index (κ2) is 16.5. The molecule has 242 valence electrons. The molecule has 4 aromatic rings. The van der Waals surface area contributed by atoms with Crippen molar-refractivity contribution in [2.24, 2.45) is 0 Å². The summed E-state index contributed by atoms with van der Waals surface area (Å²) in [5.41, 5.74) is 1.78. The Hall–Kier alpha value is -4.05. The number of anilines is 1. The number of unbranched alkanes of at least 4 members (excludes halogenated alkanes) is 1. The lowest BCUT2D eigenvalue weighted by atomic mass is 10.0. The summed E-state index contributed by atoms with van der Waals surface area (Å²) < 4.78 is 34.5. The fourth-order valence-electron chi connectivity index (χ4n) is 4.90. The summed E-state index contributed by atoms with van der Waals surface area (Å²) in [7, 11) is -2.77. The van der Waals surface area contributed by atoms with Gasteiger partial charge in [-0.1, -0.05) is 79.0 Å². The van der Waals surface area contributed by atoms with Crippen molar-refractivity contribution in [1.82, 2.24) is 10.2 Å². The van der Waals surface area contributed by atoms with Crippen LogP contribution in [0.1, 0.15) is 30.9 Å². The number of methoxy groups -OCH3 is 1. The van der Waals surface area contributed by atoms with Crippen molar-refractivity contribution >= 4 is 50.7 Å². The molecule has 0 aliphatic carbocycles. The van der Waals surface area contributed by atoms with Gasteiger partial charge in [0, 0.05) is 29.6 Å². The minimum absolute atomic E-state index is 0.0229. The molecule has 0 unspecified atom stereocenters. The maximum Gasteiger partial charge on any atom is 0.264 e. The third-order valence-electron chi connectivity index (χ3n) is 7.38. The molecule has 0 radical (unpaired) electrons. The molecular formula is C35H37Cl2N3O5S. The van der Waals surface area contributed by atoms with E-state index < -0.39 is 28.5 Å². The number of rotatable bonds is 15. The van der Waals surface area contributed by atoms with Gasteiger partial charge in [-0.15, -0.1) is 0 Å². The Morgan fingerprint density at radius 3 is 2.15 bits per heavy atom. The van der Waals surface area contributed by atoms with Gasteiger partial charge in [-0.2, -0.15) is 0 Å². The molecule has 1 atom stereocenters. The normalized spacial score (nSPS) is 11.8. The van der Waals surface area contributed by atoms with Gasteiger partial charge in [0.25, 0.3) is 10.0 Å². The number of halogens is 2. The van der Waals surface area contributed by atoms with Gasteiger partial charge in [0.2, 0.25) is 11.8 Å². The van der Waals surface area contributed by atoms with Crippen LogP contribution in [-0.2, 0) is 32.6 Å². The van der Waals surface area contributed by atoms with Crippen LogP contribution in [-0.4, -0.2) is 51.4 Å². The van der Waals surface area contributed by atoms with Gasteiger partial charge in [0.15, 0.2) is 0 Å². The summed E-state index contributed by atoms with van der Waals surface area (Å²) in [4.78, 5) is 29.7. The first-order valence-corrected chi connectivity index (χ1v) is 17.1. The molecule has 2 amide bonds. The molecule has 8 nitrogen and oxygen atoms in total. The zero-order valence-electron chi connectivity index (χ0n) is 25.7. The van der Waals surface area contributed by atoms with Crippen molar-refractivity contribution in [1.29, 1.82) is 0 Å². The van der Waals surface area contributed by atoms with Gasteiger partial charge < -0.3 is 15.0 Å². The maximum absolute atomic E-state index is 14.5. The third-order valence-corrected chi connectivity index (χ3v) is 9.66. The van der Waals surface area contributed by atoms with E-state index in [1.165, 1.54) is 48.4 Å². The number of nitrogens with zero attached hydrogens (tertiary/aromatic N) is 2. The number of benzene rings is 4. The van der Waals surface area contributed by atoms with Gasteiger partial charge in [-0.25, -0.2) is 8.42 Å². The zero-order chi connectivity index (χ0) is 33.1. The lowest BCUT2D eigenvalue weighted by Gasteiger charge is -2.34. The van der Waals surface area contributed by atoms with Gasteiger partial charge >= 0.3 is 0 Å². The second-order valence-corrected chi connectivity index (χ2v) is 13.4. The lowest BCUT2D eigenvalue weighted by Crippen LogP contribution is -2.53. The summed E-state index contributed by atoms with van der Waals surface area (Å²) in [5.74, 6) is -0.416. The Bertz CT molecular complexity index is 1700. The minimum Gasteiger partial charge on any atom is -0.497 e. The first kappa shape index (κ1) is 34.8. The van der Waals surface area contributed by atoms with Crippen molar-refractivity contribution in [3.63, 3.8) is 0 Å². The molecule has 11 heteroatoms. The minimum atomic E-state index is -4.26. The molecule has 1 N–H and O–H groups in total. The highest BCUT2D eigenvalue weighted by atomic mass is 35.5. The van der Waals surface area contributed by atoms with Crippen LogP contribution in [0.2, 0.25) is 10.0 Å². The van der Waals surface area contributed by atoms with E-state index in [2.05, 4.69) is 5.32 Å². The molecule has 4 rings (SSSR count). The van der Waals surface area contributed by atoms with Crippen LogP contribution in [0.3, 0.4) is 0 Å². The van der Waals surface area contributed by atoms with Crippen LogP contribution in [0.15, 0.2) is 108 Å². The van der Waals surface area contributed by atoms with Crippen LogP contribution >= 0.6 is 23.2 Å². The summed E-state index contributed by atoms with van der Waals surface area (Å²) in [5, 5.41) is 3.86. The van der Waals surface area contributed by atoms with Crippen LogP contribution < -0.4 is 14.4 Å². The Morgan fingerprint density at radius 1 is 0.848 bits per heavy atom. The average molecular weight is 683 g/mol. The Kier molecular flexibility index (Phi) is 12.5. The Morgan fingerprint density at radius 2 is 1.52 bits per heavy atom. The molecule has 46 heavy (non-hydrogen) atoms. The van der Waals surface area contributed by atoms with Crippen LogP contribution in [0.4, 0.5) is 5.69 Å². The molecule has 4 aromatic carbocycles. The Labute approximate surface area is 280 Å². The average Bonchev–Trinajstić information content (AvgIpc) is 3.06. The molecule has 0 saturated carbocycles. The lowest BCUT2D eigenvalue weighted by molar-refractivity contribution is -0.140. The topological polar surface area (TPSA) is 96.0 Å². The summed E-state index contributed by atoms with van der Waals surface area (Å²) in [6.07, 6.45) is 1.88. The Balaban J connectivity index is 1.78. The van der Waals surface area contributed by atoms with Crippen molar-refractivity contribution in [3.05, 3.63) is 124 Å². The van der Waals surface area contributed by atoms with E-state index in [1.807, 2.05) is 43.3 Å². The van der Waals surface area contributed by atoms with Gasteiger partial charge in [-0.3, -0.25) is 13.9 Å². The SMILES string of the molecule is CCCCNC(=O)[C@H](Cc1ccccc1)N(Cc1cccc(Cl)c1)C(=O)CN(c1ccc(Cl)cc1)S(=O)(=O)c1ccc(OC)cc1. The first-order chi connectivity index (χ1) is 22.1. The van der Waals surface area contributed by atoms with Crippen LogP contribution in [0, 0.1) is 0 Å². The molecule has 0 fully saturated rings. The zero-order valence-corrected chi connectivity index (χ0v) is 28.1. The number of ether oxygens (including phenoxy) is 1. The number of hydrogen-bond acceptors (Lipinski definition) is 5. The quantitative estimate of drug-likeness (QED) is 0.140. The fraction of sp³-hybridized carbons (Fsp3) is 0.257. The van der Waals surface area contributed by atoms with Gasteiger partial charge in [0.1, 0.15) is 18.3 Å². The molecular weight excluding hydrogens is 645 g/mol.